The lowest BCUT2D eigenvalue weighted by Crippen LogP contribution is -2.48. The van der Waals surface area contributed by atoms with Crippen LogP contribution in [-0.4, -0.2) is 71.1 Å². The number of methoxy groups -OCH3 is 2. The van der Waals surface area contributed by atoms with Gasteiger partial charge >= 0.3 is 0 Å². The van der Waals surface area contributed by atoms with Crippen LogP contribution in [0.25, 0.3) is 0 Å². The molecule has 1 aliphatic heterocycles. The third-order valence-electron chi connectivity index (χ3n) is 5.50. The Kier molecular flexibility index (Phi) is 8.47. The molecule has 180 valence electrons. The minimum absolute atomic E-state index is 0.114. The van der Waals surface area contributed by atoms with Crippen LogP contribution in [0.4, 0.5) is 0 Å². The van der Waals surface area contributed by atoms with Gasteiger partial charge in [0, 0.05) is 18.7 Å². The van der Waals surface area contributed by atoms with Crippen LogP contribution >= 0.6 is 0 Å². The molecule has 1 saturated heterocycles. The van der Waals surface area contributed by atoms with Crippen LogP contribution in [-0.2, 0) is 21.2 Å². The highest BCUT2D eigenvalue weighted by Crippen LogP contribution is 2.27. The van der Waals surface area contributed by atoms with E-state index in [1.165, 1.54) is 16.4 Å². The third-order valence-corrected chi connectivity index (χ3v) is 7.33. The third kappa shape index (κ3) is 6.32. The monoisotopic (exact) mass is 476 g/mol. The van der Waals surface area contributed by atoms with Crippen molar-refractivity contribution in [3.8, 4) is 11.5 Å². The molecular formula is C24H32N2O6S. The Morgan fingerprint density at radius 3 is 2.42 bits per heavy atom. The number of sulfonamides is 1. The Labute approximate surface area is 195 Å². The number of morpholine rings is 1. The molecule has 0 aromatic heterocycles. The van der Waals surface area contributed by atoms with Crippen molar-refractivity contribution in [2.24, 2.45) is 0 Å². The Morgan fingerprint density at radius 2 is 1.76 bits per heavy atom. The summed E-state index contributed by atoms with van der Waals surface area (Å²) in [5, 5.41) is 3.13. The van der Waals surface area contributed by atoms with E-state index in [1.807, 2.05) is 32.0 Å². The summed E-state index contributed by atoms with van der Waals surface area (Å²) in [5.41, 5.74) is 1.42. The minimum atomic E-state index is -3.70. The minimum Gasteiger partial charge on any atom is -0.493 e. The van der Waals surface area contributed by atoms with Crippen LogP contribution in [0.2, 0.25) is 0 Å². The highest BCUT2D eigenvalue weighted by atomic mass is 32.2. The number of ether oxygens (including phenoxy) is 3. The van der Waals surface area contributed by atoms with Gasteiger partial charge in [0.2, 0.25) is 10.0 Å². The molecule has 0 amide bonds. The SMILES string of the molecule is COc1ccc(CCNCC(=O)c2cccc(S(=O)(=O)N3CC(C)OC(C)C3)c2)cc1OC. The predicted molar refractivity (Wildman–Crippen MR) is 126 cm³/mol. The fourth-order valence-electron chi connectivity index (χ4n) is 3.88. The van der Waals surface area contributed by atoms with Gasteiger partial charge in [0.1, 0.15) is 0 Å². The lowest BCUT2D eigenvalue weighted by molar-refractivity contribution is -0.0440. The molecule has 2 unspecified atom stereocenters. The summed E-state index contributed by atoms with van der Waals surface area (Å²) in [5.74, 6) is 1.16. The molecule has 2 atom stereocenters. The Morgan fingerprint density at radius 1 is 1.06 bits per heavy atom. The van der Waals surface area contributed by atoms with Gasteiger partial charge in [-0.1, -0.05) is 18.2 Å². The number of carbonyl (C=O) groups is 1. The summed E-state index contributed by atoms with van der Waals surface area (Å²) in [7, 11) is -0.518. The van der Waals surface area contributed by atoms with Crippen molar-refractivity contribution in [1.29, 1.82) is 0 Å². The lowest BCUT2D eigenvalue weighted by atomic mass is 10.1. The molecular weight excluding hydrogens is 444 g/mol. The summed E-state index contributed by atoms with van der Waals surface area (Å²) in [6, 6.07) is 11.9. The Bertz CT molecular complexity index is 1060. The normalized spacial score (nSPS) is 19.3. The predicted octanol–water partition coefficient (Wildman–Crippen LogP) is 2.52. The maximum Gasteiger partial charge on any atom is 0.243 e. The zero-order valence-electron chi connectivity index (χ0n) is 19.5. The van der Waals surface area contributed by atoms with Crippen LogP contribution in [0.3, 0.4) is 0 Å². The summed E-state index contributed by atoms with van der Waals surface area (Å²) in [4.78, 5) is 12.8. The Balaban J connectivity index is 1.58. The zero-order valence-corrected chi connectivity index (χ0v) is 20.4. The largest absolute Gasteiger partial charge is 0.493 e. The van der Waals surface area contributed by atoms with E-state index in [0.717, 1.165) is 5.56 Å². The molecule has 0 spiro atoms. The fourth-order valence-corrected chi connectivity index (χ4v) is 5.52. The average Bonchev–Trinajstić information content (AvgIpc) is 2.81. The quantitative estimate of drug-likeness (QED) is 0.416. The van der Waals surface area contributed by atoms with Crippen molar-refractivity contribution in [3.63, 3.8) is 0 Å². The number of carbonyl (C=O) groups excluding carboxylic acids is 1. The molecule has 2 aromatic carbocycles. The van der Waals surface area contributed by atoms with Crippen LogP contribution in [0.1, 0.15) is 29.8 Å². The van der Waals surface area contributed by atoms with E-state index in [0.29, 0.717) is 43.1 Å². The van der Waals surface area contributed by atoms with Crippen molar-refractivity contribution in [2.75, 3.05) is 40.4 Å². The van der Waals surface area contributed by atoms with Gasteiger partial charge in [-0.05, 0) is 56.6 Å². The smallest absolute Gasteiger partial charge is 0.243 e. The van der Waals surface area contributed by atoms with Gasteiger partial charge in [-0.15, -0.1) is 0 Å². The maximum atomic E-state index is 13.1. The van der Waals surface area contributed by atoms with Crippen molar-refractivity contribution in [3.05, 3.63) is 53.6 Å². The Hall–Kier alpha value is -2.46. The van der Waals surface area contributed by atoms with Gasteiger partial charge < -0.3 is 19.5 Å². The van der Waals surface area contributed by atoms with Gasteiger partial charge in [0.05, 0.1) is 37.9 Å². The number of rotatable bonds is 10. The van der Waals surface area contributed by atoms with Crippen molar-refractivity contribution >= 4 is 15.8 Å². The highest BCUT2D eigenvalue weighted by Gasteiger charge is 2.32. The first-order valence-electron chi connectivity index (χ1n) is 10.9. The van der Waals surface area contributed by atoms with E-state index in [1.54, 1.807) is 26.4 Å². The van der Waals surface area contributed by atoms with E-state index < -0.39 is 10.0 Å². The molecule has 3 rings (SSSR count). The maximum absolute atomic E-state index is 13.1. The first kappa shape index (κ1) is 25.2. The summed E-state index contributed by atoms with van der Waals surface area (Å²) in [6.45, 7) is 4.99. The second-order valence-electron chi connectivity index (χ2n) is 8.15. The standard InChI is InChI=1S/C24H32N2O6S/c1-17-15-26(16-18(2)32-17)33(28,29)21-7-5-6-20(13-21)22(27)14-25-11-10-19-8-9-23(30-3)24(12-19)31-4/h5-9,12-13,17-18,25H,10-11,14-16H2,1-4H3. The fraction of sp³-hybridized carbons (Fsp3) is 0.458. The van der Waals surface area contributed by atoms with E-state index in [-0.39, 0.29) is 29.4 Å². The number of ketones is 1. The van der Waals surface area contributed by atoms with Crippen LogP contribution < -0.4 is 14.8 Å². The second-order valence-corrected chi connectivity index (χ2v) is 10.1. The highest BCUT2D eigenvalue weighted by molar-refractivity contribution is 7.89. The number of benzene rings is 2. The molecule has 1 heterocycles. The lowest BCUT2D eigenvalue weighted by Gasteiger charge is -2.34. The summed E-state index contributed by atoms with van der Waals surface area (Å²) in [6.07, 6.45) is 0.349. The topological polar surface area (TPSA) is 94.2 Å². The van der Waals surface area contributed by atoms with Crippen LogP contribution in [0.15, 0.2) is 47.4 Å². The van der Waals surface area contributed by atoms with Crippen LogP contribution in [0, 0.1) is 0 Å². The number of Topliss-reactive ketones (excluding diaryl/α,β-unsaturated/α-hetero) is 1. The van der Waals surface area contributed by atoms with Gasteiger partial charge in [0.25, 0.3) is 0 Å². The summed E-state index contributed by atoms with van der Waals surface area (Å²) >= 11 is 0. The molecule has 33 heavy (non-hydrogen) atoms. The zero-order chi connectivity index (χ0) is 24.0. The van der Waals surface area contributed by atoms with E-state index >= 15 is 0 Å². The van der Waals surface area contributed by atoms with Crippen LogP contribution in [0.5, 0.6) is 11.5 Å². The molecule has 1 aliphatic rings. The molecule has 9 heteroatoms. The van der Waals surface area contributed by atoms with E-state index in [2.05, 4.69) is 5.32 Å². The average molecular weight is 477 g/mol. The van der Waals surface area contributed by atoms with E-state index in [4.69, 9.17) is 14.2 Å². The molecule has 0 radical (unpaired) electrons. The molecule has 2 aromatic rings. The number of hydrogen-bond donors (Lipinski definition) is 1. The first-order valence-corrected chi connectivity index (χ1v) is 12.4. The van der Waals surface area contributed by atoms with Crippen molar-refractivity contribution in [1.82, 2.24) is 9.62 Å². The van der Waals surface area contributed by atoms with Gasteiger partial charge in [-0.3, -0.25) is 4.79 Å². The molecule has 1 fully saturated rings. The molecule has 1 N–H and O–H groups in total. The number of nitrogens with zero attached hydrogens (tertiary/aromatic N) is 1. The van der Waals surface area contributed by atoms with Gasteiger partial charge in [-0.25, -0.2) is 8.42 Å². The molecule has 0 aliphatic carbocycles. The molecule has 0 saturated carbocycles. The number of hydrogen-bond acceptors (Lipinski definition) is 7. The van der Waals surface area contributed by atoms with Crippen molar-refractivity contribution < 1.29 is 27.4 Å². The summed E-state index contributed by atoms with van der Waals surface area (Å²) < 4.78 is 43.8. The molecule has 8 nitrogen and oxygen atoms in total. The van der Waals surface area contributed by atoms with Gasteiger partial charge in [0.15, 0.2) is 17.3 Å². The van der Waals surface area contributed by atoms with E-state index in [9.17, 15) is 13.2 Å². The van der Waals surface area contributed by atoms with Crippen molar-refractivity contribution in [2.45, 2.75) is 37.4 Å². The second kappa shape index (κ2) is 11.1. The van der Waals surface area contributed by atoms with Gasteiger partial charge in [-0.2, -0.15) is 4.31 Å². The first-order chi connectivity index (χ1) is 15.7. The molecule has 0 bridgehead atoms. The number of nitrogens with one attached hydrogen (secondary N) is 1.